The predicted molar refractivity (Wildman–Crippen MR) is 129 cm³/mol. The summed E-state index contributed by atoms with van der Waals surface area (Å²) in [4.78, 5) is 43.7. The number of carbonyl (C=O) groups is 4. The van der Waals surface area contributed by atoms with Gasteiger partial charge in [0.05, 0.1) is 25.0 Å². The summed E-state index contributed by atoms with van der Waals surface area (Å²) in [5.74, 6) is -10.7. The number of carbonyl (C=O) groups excluding carboxylic acids is 4. The largest absolute Gasteiger partial charge is 0.465 e. The van der Waals surface area contributed by atoms with Gasteiger partial charge in [-0.2, -0.15) is 17.6 Å². The second-order valence-corrected chi connectivity index (χ2v) is 9.39. The van der Waals surface area contributed by atoms with Gasteiger partial charge < -0.3 is 33.5 Å². The first-order chi connectivity index (χ1) is 18.6. The van der Waals surface area contributed by atoms with Crippen molar-refractivity contribution >= 4 is 23.9 Å². The summed E-state index contributed by atoms with van der Waals surface area (Å²) in [6.07, 6.45) is 3.75. The van der Waals surface area contributed by atoms with Gasteiger partial charge in [-0.05, 0) is 51.4 Å². The van der Waals surface area contributed by atoms with Gasteiger partial charge >= 0.3 is 35.7 Å². The van der Waals surface area contributed by atoms with E-state index in [1.807, 2.05) is 0 Å². The van der Waals surface area contributed by atoms with Crippen LogP contribution in [0.4, 0.5) is 17.6 Å². The quantitative estimate of drug-likeness (QED) is 0.182. The van der Waals surface area contributed by atoms with Crippen LogP contribution in [0.1, 0.15) is 65.2 Å². The molecule has 0 aromatic rings. The van der Waals surface area contributed by atoms with Crippen LogP contribution in [0.15, 0.2) is 0 Å². The topological polar surface area (TPSA) is 144 Å². The van der Waals surface area contributed by atoms with E-state index in [4.69, 9.17) is 14.2 Å². The Hall–Kier alpha value is -2.52. The molecule has 0 saturated heterocycles. The molecule has 0 unspecified atom stereocenters. The Morgan fingerprint density at radius 3 is 1.35 bits per heavy atom. The highest BCUT2D eigenvalue weighted by Gasteiger charge is 2.38. The normalized spacial score (nSPS) is 22.8. The summed E-state index contributed by atoms with van der Waals surface area (Å²) in [7, 11) is 3.81. The fraction of sp³-hybridized carbons (Fsp3) is 0.840. The minimum Gasteiger partial charge on any atom is -0.465 e. The molecule has 0 aromatic heterocycles. The van der Waals surface area contributed by atoms with Crippen LogP contribution in [0.3, 0.4) is 0 Å². The van der Waals surface area contributed by atoms with E-state index in [0.717, 1.165) is 20.0 Å². The Kier molecular flexibility index (Phi) is 17.6. The lowest BCUT2D eigenvalue weighted by Gasteiger charge is -2.27. The van der Waals surface area contributed by atoms with Crippen molar-refractivity contribution in [2.45, 2.75) is 89.3 Å². The van der Waals surface area contributed by atoms with Gasteiger partial charge in [0.2, 0.25) is 0 Å². The van der Waals surface area contributed by atoms with Crippen molar-refractivity contribution in [3.05, 3.63) is 0 Å². The van der Waals surface area contributed by atoms with E-state index in [9.17, 15) is 41.8 Å². The Bertz CT molecular complexity index is 768. The third-order valence-electron chi connectivity index (χ3n) is 5.85. The summed E-state index contributed by atoms with van der Waals surface area (Å²) in [5, 5.41) is 9.21. The van der Waals surface area contributed by atoms with Crippen LogP contribution in [0, 0.1) is 11.8 Å². The number of halogens is 4. The number of aliphatic hydroxyl groups excluding tert-OH is 1. The molecule has 11 nitrogen and oxygen atoms in total. The minimum absolute atomic E-state index is 0.0257. The van der Waals surface area contributed by atoms with Gasteiger partial charge in [-0.25, -0.2) is 9.59 Å². The summed E-state index contributed by atoms with van der Waals surface area (Å²) in [6.45, 7) is 0.912. The molecule has 0 radical (unpaired) electrons. The Balaban J connectivity index is 0.000000626. The van der Waals surface area contributed by atoms with E-state index < -0.39 is 29.9 Å². The molecule has 0 spiro atoms. The molecular weight excluding hydrogens is 552 g/mol. The molecule has 2 aliphatic carbocycles. The number of methoxy groups -OCH3 is 3. The number of ether oxygens (including phenoxy) is 6. The average Bonchev–Trinajstić information content (AvgIpc) is 2.90. The van der Waals surface area contributed by atoms with Gasteiger partial charge in [0.25, 0.3) is 0 Å². The minimum atomic E-state index is -3.48. The zero-order chi connectivity index (χ0) is 30.9. The maximum atomic E-state index is 12.7. The monoisotopic (exact) mass is 592 g/mol. The van der Waals surface area contributed by atoms with Crippen LogP contribution in [0.25, 0.3) is 0 Å². The van der Waals surface area contributed by atoms with Gasteiger partial charge in [0.1, 0.15) is 6.10 Å². The Morgan fingerprint density at radius 2 is 1.05 bits per heavy atom. The molecule has 2 aliphatic rings. The zero-order valence-corrected chi connectivity index (χ0v) is 23.4. The zero-order valence-electron chi connectivity index (χ0n) is 23.4. The lowest BCUT2D eigenvalue weighted by molar-refractivity contribution is -0.177. The summed E-state index contributed by atoms with van der Waals surface area (Å²) >= 11 is 0. The van der Waals surface area contributed by atoms with Crippen molar-refractivity contribution in [2.75, 3.05) is 34.9 Å². The fourth-order valence-corrected chi connectivity index (χ4v) is 3.63. The highest BCUT2D eigenvalue weighted by atomic mass is 19.3. The summed E-state index contributed by atoms with van der Waals surface area (Å²) < 4.78 is 75.9. The van der Waals surface area contributed by atoms with E-state index in [1.54, 1.807) is 0 Å². The van der Waals surface area contributed by atoms with Crippen molar-refractivity contribution in [3.8, 4) is 0 Å². The predicted octanol–water partition coefficient (Wildman–Crippen LogP) is 3.39. The first-order valence-electron chi connectivity index (χ1n) is 12.6. The van der Waals surface area contributed by atoms with Crippen molar-refractivity contribution in [1.82, 2.24) is 0 Å². The third kappa shape index (κ3) is 15.9. The lowest BCUT2D eigenvalue weighted by atomic mass is 9.87. The van der Waals surface area contributed by atoms with Crippen LogP contribution in [-0.4, -0.2) is 88.0 Å². The van der Waals surface area contributed by atoms with E-state index in [-0.39, 0.29) is 43.5 Å². The molecule has 0 bridgehead atoms. The molecule has 1 N–H and O–H groups in total. The number of esters is 4. The molecule has 15 heteroatoms. The maximum absolute atomic E-state index is 12.7. The molecule has 2 fully saturated rings. The van der Waals surface area contributed by atoms with Crippen molar-refractivity contribution < 1.29 is 70.3 Å². The number of aliphatic hydroxyl groups is 1. The van der Waals surface area contributed by atoms with Crippen LogP contribution in [0.2, 0.25) is 0 Å². The second kappa shape index (κ2) is 18.8. The molecular formula is C25H40F4O11. The Morgan fingerprint density at radius 1 is 0.675 bits per heavy atom. The molecule has 234 valence electrons. The van der Waals surface area contributed by atoms with Crippen LogP contribution < -0.4 is 0 Å². The van der Waals surface area contributed by atoms with E-state index in [1.165, 1.54) is 14.2 Å². The molecule has 0 amide bonds. The third-order valence-corrected chi connectivity index (χ3v) is 5.85. The average molecular weight is 593 g/mol. The highest BCUT2D eigenvalue weighted by Crippen LogP contribution is 2.29. The number of rotatable bonds is 9. The molecule has 0 aliphatic heterocycles. The maximum Gasteiger partial charge on any atom is 0.376 e. The summed E-state index contributed by atoms with van der Waals surface area (Å²) in [6, 6.07) is 0. The van der Waals surface area contributed by atoms with Crippen LogP contribution in [-0.2, 0) is 47.6 Å². The molecule has 40 heavy (non-hydrogen) atoms. The number of hydrogen-bond donors (Lipinski definition) is 1. The number of alkyl halides is 4. The Labute approximate surface area is 230 Å². The fourth-order valence-electron chi connectivity index (χ4n) is 3.63. The lowest BCUT2D eigenvalue weighted by Crippen LogP contribution is -2.34. The van der Waals surface area contributed by atoms with Gasteiger partial charge in [-0.1, -0.05) is 0 Å². The van der Waals surface area contributed by atoms with Crippen molar-refractivity contribution in [3.63, 3.8) is 0 Å². The van der Waals surface area contributed by atoms with Gasteiger partial charge in [0, 0.05) is 28.1 Å². The van der Waals surface area contributed by atoms with Crippen LogP contribution >= 0.6 is 0 Å². The van der Waals surface area contributed by atoms with Crippen molar-refractivity contribution in [2.24, 2.45) is 11.8 Å². The van der Waals surface area contributed by atoms with E-state index >= 15 is 0 Å². The first kappa shape index (κ1) is 37.5. The molecule has 0 aromatic carbocycles. The van der Waals surface area contributed by atoms with Crippen molar-refractivity contribution in [1.29, 1.82) is 0 Å². The second-order valence-electron chi connectivity index (χ2n) is 9.39. The standard InChI is InChI=1S/C12H18F2O5.C9H16O4.C4H6F2O2/c1-12(13,14)11(16)19-9-5-3-8(4-6-9)10(15)18-7-17-2;1-12-6-13-9(11)7-2-4-8(10)5-3-7;1-4(5,6)3(7)8-2/h8-9H,3-7H2,1-2H3;7-8,10H,2-6H2,1H3;1-2H3. The molecule has 0 atom stereocenters. The first-order valence-corrected chi connectivity index (χ1v) is 12.6. The smallest absolute Gasteiger partial charge is 0.376 e. The van der Waals surface area contributed by atoms with E-state index in [2.05, 4.69) is 14.2 Å². The SMILES string of the molecule is COC(=O)C(C)(F)F.COCOC(=O)C1CCC(O)CC1.COCOC(=O)C1CCC(OC(=O)C(C)(F)F)CC1. The van der Waals surface area contributed by atoms with Gasteiger partial charge in [-0.3, -0.25) is 9.59 Å². The van der Waals surface area contributed by atoms with Gasteiger partial charge in [-0.15, -0.1) is 0 Å². The van der Waals surface area contributed by atoms with Crippen LogP contribution in [0.5, 0.6) is 0 Å². The van der Waals surface area contributed by atoms with E-state index in [0.29, 0.717) is 52.4 Å². The summed E-state index contributed by atoms with van der Waals surface area (Å²) in [5.41, 5.74) is 0. The van der Waals surface area contributed by atoms with Gasteiger partial charge in [0.15, 0.2) is 13.6 Å². The highest BCUT2D eigenvalue weighted by molar-refractivity contribution is 5.77. The number of hydrogen-bond acceptors (Lipinski definition) is 11. The molecule has 2 saturated carbocycles. The molecule has 2 rings (SSSR count). The molecule has 0 heterocycles.